The van der Waals surface area contributed by atoms with Gasteiger partial charge in [0.15, 0.2) is 9.84 Å². The zero-order valence-corrected chi connectivity index (χ0v) is 12.4. The largest absolute Gasteiger partial charge is 0.468 e. The number of nitrogens with zero attached hydrogens (tertiary/aromatic N) is 1. The molecule has 0 unspecified atom stereocenters. The molecule has 0 bridgehead atoms. The van der Waals surface area contributed by atoms with Gasteiger partial charge in [-0.25, -0.2) is 8.42 Å². The Balaban J connectivity index is 2.80. The Bertz CT molecular complexity index is 443. The van der Waals surface area contributed by atoms with Crippen molar-refractivity contribution < 1.29 is 22.7 Å². The summed E-state index contributed by atoms with van der Waals surface area (Å²) in [6.45, 7) is 3.63. The van der Waals surface area contributed by atoms with E-state index in [-0.39, 0.29) is 29.9 Å². The molecule has 0 aromatic heterocycles. The fraction of sp³-hybridized carbons (Fsp3) is 0.833. The number of sulfone groups is 1. The minimum Gasteiger partial charge on any atom is -0.468 e. The summed E-state index contributed by atoms with van der Waals surface area (Å²) in [6, 6.07) is -0.407. The summed E-state index contributed by atoms with van der Waals surface area (Å²) >= 11 is 0. The van der Waals surface area contributed by atoms with Crippen molar-refractivity contribution in [2.24, 2.45) is 5.92 Å². The molecule has 19 heavy (non-hydrogen) atoms. The second-order valence-corrected chi connectivity index (χ2v) is 7.48. The van der Waals surface area contributed by atoms with E-state index in [1.165, 1.54) is 12.0 Å². The summed E-state index contributed by atoms with van der Waals surface area (Å²) in [6.07, 6.45) is 0.691. The Morgan fingerprint density at radius 2 is 2.00 bits per heavy atom. The van der Waals surface area contributed by atoms with Gasteiger partial charge in [-0.1, -0.05) is 13.8 Å². The van der Waals surface area contributed by atoms with E-state index in [0.717, 1.165) is 0 Å². The van der Waals surface area contributed by atoms with Gasteiger partial charge in [0.2, 0.25) is 5.91 Å². The monoisotopic (exact) mass is 291 g/mol. The van der Waals surface area contributed by atoms with E-state index in [4.69, 9.17) is 0 Å². The lowest BCUT2D eigenvalue weighted by atomic mass is 10.1. The molecule has 1 saturated heterocycles. The number of esters is 1. The SMILES string of the molecule is COC(=O)CN(C(=O)CC(C)C)[C@H]1CCS(=O)(=O)C1. The first-order chi connectivity index (χ1) is 8.75. The molecule has 1 aliphatic rings. The minimum absolute atomic E-state index is 0.0617. The normalized spacial score (nSPS) is 21.4. The van der Waals surface area contributed by atoms with E-state index in [1.807, 2.05) is 13.8 Å². The molecule has 0 aromatic rings. The van der Waals surface area contributed by atoms with Gasteiger partial charge in [-0.15, -0.1) is 0 Å². The maximum Gasteiger partial charge on any atom is 0.325 e. The number of carbonyl (C=O) groups is 2. The van der Waals surface area contributed by atoms with Gasteiger partial charge >= 0.3 is 5.97 Å². The third-order valence-electron chi connectivity index (χ3n) is 3.08. The number of amides is 1. The third kappa shape index (κ3) is 4.81. The minimum atomic E-state index is -3.09. The number of carbonyl (C=O) groups excluding carboxylic acids is 2. The van der Waals surface area contributed by atoms with Crippen LogP contribution < -0.4 is 0 Å². The highest BCUT2D eigenvalue weighted by Crippen LogP contribution is 2.19. The number of hydrogen-bond donors (Lipinski definition) is 0. The van der Waals surface area contributed by atoms with Crippen LogP contribution in [0, 0.1) is 5.92 Å². The van der Waals surface area contributed by atoms with Crippen LogP contribution in [0.1, 0.15) is 26.7 Å². The van der Waals surface area contributed by atoms with E-state index >= 15 is 0 Å². The molecule has 1 amide bonds. The Morgan fingerprint density at radius 3 is 2.42 bits per heavy atom. The lowest BCUT2D eigenvalue weighted by Crippen LogP contribution is -2.44. The van der Waals surface area contributed by atoms with Crippen molar-refractivity contribution in [2.75, 3.05) is 25.2 Å². The van der Waals surface area contributed by atoms with Crippen LogP contribution in [0.3, 0.4) is 0 Å². The first-order valence-corrected chi connectivity index (χ1v) is 8.14. The number of ether oxygens (including phenoxy) is 1. The molecule has 0 N–H and O–H groups in total. The van der Waals surface area contributed by atoms with Crippen LogP contribution in [0.4, 0.5) is 0 Å². The van der Waals surface area contributed by atoms with Crippen molar-refractivity contribution in [3.05, 3.63) is 0 Å². The second kappa shape index (κ2) is 6.36. The van der Waals surface area contributed by atoms with E-state index in [0.29, 0.717) is 12.8 Å². The van der Waals surface area contributed by atoms with Crippen LogP contribution in [-0.4, -0.2) is 56.4 Å². The molecule has 7 heteroatoms. The Hall–Kier alpha value is -1.11. The average Bonchev–Trinajstić information content (AvgIpc) is 2.64. The van der Waals surface area contributed by atoms with E-state index in [1.54, 1.807) is 0 Å². The summed E-state index contributed by atoms with van der Waals surface area (Å²) in [5, 5.41) is 0. The molecule has 0 aromatic carbocycles. The molecule has 0 saturated carbocycles. The highest BCUT2D eigenvalue weighted by molar-refractivity contribution is 7.91. The molecule has 0 aliphatic carbocycles. The van der Waals surface area contributed by atoms with Crippen LogP contribution in [0.5, 0.6) is 0 Å². The molecule has 1 atom stereocenters. The van der Waals surface area contributed by atoms with E-state index < -0.39 is 21.8 Å². The summed E-state index contributed by atoms with van der Waals surface area (Å²) in [5.74, 6) is -0.549. The number of methoxy groups -OCH3 is 1. The van der Waals surface area contributed by atoms with Crippen LogP contribution in [0.2, 0.25) is 0 Å². The summed E-state index contributed by atoms with van der Waals surface area (Å²) < 4.78 is 27.5. The molecule has 1 rings (SSSR count). The summed E-state index contributed by atoms with van der Waals surface area (Å²) in [4.78, 5) is 24.8. The lowest BCUT2D eigenvalue weighted by molar-refractivity contribution is -0.148. The predicted molar refractivity (Wildman–Crippen MR) is 70.2 cm³/mol. The molecule has 0 radical (unpaired) electrons. The first-order valence-electron chi connectivity index (χ1n) is 6.32. The van der Waals surface area contributed by atoms with Gasteiger partial charge in [0.05, 0.1) is 18.6 Å². The topological polar surface area (TPSA) is 80.8 Å². The molecule has 0 spiro atoms. The zero-order chi connectivity index (χ0) is 14.6. The molecule has 1 fully saturated rings. The third-order valence-corrected chi connectivity index (χ3v) is 4.83. The summed E-state index contributed by atoms with van der Waals surface area (Å²) in [7, 11) is -1.84. The van der Waals surface area contributed by atoms with Gasteiger partial charge in [-0.05, 0) is 12.3 Å². The maximum atomic E-state index is 12.1. The van der Waals surface area contributed by atoms with Gasteiger partial charge in [0.1, 0.15) is 6.54 Å². The molecule has 6 nitrogen and oxygen atoms in total. The average molecular weight is 291 g/mol. The Labute approximate surface area is 114 Å². The van der Waals surface area contributed by atoms with Crippen molar-refractivity contribution >= 4 is 21.7 Å². The number of rotatable bonds is 5. The molecular formula is C12H21NO5S. The fourth-order valence-electron chi connectivity index (χ4n) is 2.11. The van der Waals surface area contributed by atoms with Crippen LogP contribution in [0.25, 0.3) is 0 Å². The van der Waals surface area contributed by atoms with Gasteiger partial charge in [0, 0.05) is 12.5 Å². The first kappa shape index (κ1) is 15.9. The highest BCUT2D eigenvalue weighted by Gasteiger charge is 2.35. The van der Waals surface area contributed by atoms with E-state index in [9.17, 15) is 18.0 Å². The smallest absolute Gasteiger partial charge is 0.325 e. The standard InChI is InChI=1S/C12H21NO5S/c1-9(2)6-11(14)13(7-12(15)18-3)10-4-5-19(16,17)8-10/h9-10H,4-8H2,1-3H3/t10-/m0/s1. The van der Waals surface area contributed by atoms with Gasteiger partial charge in [-0.2, -0.15) is 0 Å². The van der Waals surface area contributed by atoms with Crippen molar-refractivity contribution in [2.45, 2.75) is 32.7 Å². The molecule has 1 aliphatic heterocycles. The Morgan fingerprint density at radius 1 is 1.37 bits per heavy atom. The maximum absolute atomic E-state index is 12.1. The van der Waals surface area contributed by atoms with Crippen molar-refractivity contribution in [3.63, 3.8) is 0 Å². The summed E-state index contributed by atoms with van der Waals surface area (Å²) in [5.41, 5.74) is 0. The predicted octanol–water partition coefficient (Wildman–Crippen LogP) is 0.221. The van der Waals surface area contributed by atoms with E-state index in [2.05, 4.69) is 4.74 Å². The van der Waals surface area contributed by atoms with Crippen LogP contribution in [0.15, 0.2) is 0 Å². The highest BCUT2D eigenvalue weighted by atomic mass is 32.2. The van der Waals surface area contributed by atoms with Crippen molar-refractivity contribution in [1.29, 1.82) is 0 Å². The molecule has 1 heterocycles. The van der Waals surface area contributed by atoms with Gasteiger partial charge < -0.3 is 9.64 Å². The molecule has 110 valence electrons. The van der Waals surface area contributed by atoms with Crippen LogP contribution in [-0.2, 0) is 24.2 Å². The Kier molecular flexibility index (Phi) is 5.34. The quantitative estimate of drug-likeness (QED) is 0.677. The van der Waals surface area contributed by atoms with Gasteiger partial charge in [0.25, 0.3) is 0 Å². The van der Waals surface area contributed by atoms with Gasteiger partial charge in [-0.3, -0.25) is 9.59 Å². The number of hydrogen-bond acceptors (Lipinski definition) is 5. The zero-order valence-electron chi connectivity index (χ0n) is 11.6. The van der Waals surface area contributed by atoms with Crippen molar-refractivity contribution in [1.82, 2.24) is 4.90 Å². The fourth-order valence-corrected chi connectivity index (χ4v) is 3.84. The van der Waals surface area contributed by atoms with Crippen molar-refractivity contribution in [3.8, 4) is 0 Å². The second-order valence-electron chi connectivity index (χ2n) is 5.25. The lowest BCUT2D eigenvalue weighted by Gasteiger charge is -2.27. The van der Waals surface area contributed by atoms with Crippen LogP contribution >= 0.6 is 0 Å². The molecular weight excluding hydrogens is 270 g/mol.